The molecule has 1 unspecified atom stereocenters. The average molecular weight is 428 g/mol. The number of esters is 1. The maximum absolute atomic E-state index is 14.0. The predicted molar refractivity (Wildman–Crippen MR) is 99.7 cm³/mol. The third-order valence-corrected chi connectivity index (χ3v) is 6.84. The normalized spacial score (nSPS) is 18.0. The zero-order valence-corrected chi connectivity index (χ0v) is 16.5. The number of sulfonamides is 1. The second-order valence-electron chi connectivity index (χ2n) is 6.62. The van der Waals surface area contributed by atoms with E-state index >= 15 is 0 Å². The lowest BCUT2D eigenvalue weighted by molar-refractivity contribution is 0.0600. The van der Waals surface area contributed by atoms with Crippen LogP contribution in [0.4, 0.5) is 18.9 Å². The van der Waals surface area contributed by atoms with Crippen molar-refractivity contribution in [2.45, 2.75) is 17.9 Å². The number of nitrogens with zero attached hydrogens (tertiary/aromatic N) is 2. The van der Waals surface area contributed by atoms with Gasteiger partial charge in [0, 0.05) is 31.4 Å². The molecule has 156 valence electrons. The minimum Gasteiger partial charge on any atom is -0.465 e. The Hall–Kier alpha value is -2.59. The highest BCUT2D eigenvalue weighted by molar-refractivity contribution is 7.89. The van der Waals surface area contributed by atoms with E-state index in [9.17, 15) is 26.4 Å². The van der Waals surface area contributed by atoms with Crippen molar-refractivity contribution in [2.75, 3.05) is 31.6 Å². The van der Waals surface area contributed by atoms with E-state index < -0.39 is 44.4 Å². The van der Waals surface area contributed by atoms with E-state index in [0.717, 1.165) is 16.1 Å². The fourth-order valence-electron chi connectivity index (χ4n) is 3.29. The second-order valence-corrected chi connectivity index (χ2v) is 8.48. The minimum absolute atomic E-state index is 0.0285. The predicted octanol–water partition coefficient (Wildman–Crippen LogP) is 2.79. The number of ether oxygens (including phenoxy) is 1. The van der Waals surface area contributed by atoms with Gasteiger partial charge in [-0.25, -0.2) is 26.4 Å². The molecule has 0 radical (unpaired) electrons. The van der Waals surface area contributed by atoms with Gasteiger partial charge in [-0.1, -0.05) is 0 Å². The summed E-state index contributed by atoms with van der Waals surface area (Å²) < 4.78 is 72.0. The highest BCUT2D eigenvalue weighted by Gasteiger charge is 2.36. The van der Waals surface area contributed by atoms with Crippen LogP contribution in [-0.4, -0.2) is 51.5 Å². The Balaban J connectivity index is 1.79. The Morgan fingerprint density at radius 3 is 2.28 bits per heavy atom. The van der Waals surface area contributed by atoms with Gasteiger partial charge in [-0.3, -0.25) is 0 Å². The average Bonchev–Trinajstić information content (AvgIpc) is 2.71. The molecule has 0 N–H and O–H groups in total. The zero-order chi connectivity index (χ0) is 21.3. The minimum atomic E-state index is -4.34. The lowest BCUT2D eigenvalue weighted by Gasteiger charge is -2.40. The third-order valence-electron chi connectivity index (χ3n) is 4.81. The van der Waals surface area contributed by atoms with Crippen molar-refractivity contribution in [1.29, 1.82) is 0 Å². The molecular weight excluding hydrogens is 409 g/mol. The molecule has 1 saturated heterocycles. The summed E-state index contributed by atoms with van der Waals surface area (Å²) in [6.45, 7) is 2.26. The summed E-state index contributed by atoms with van der Waals surface area (Å²) in [6.07, 6.45) is 0. The van der Waals surface area contributed by atoms with Crippen LogP contribution in [0.3, 0.4) is 0 Å². The van der Waals surface area contributed by atoms with Crippen molar-refractivity contribution in [2.24, 2.45) is 0 Å². The Morgan fingerprint density at radius 1 is 1.03 bits per heavy atom. The Kier molecular flexibility index (Phi) is 5.85. The first kappa shape index (κ1) is 21.1. The summed E-state index contributed by atoms with van der Waals surface area (Å²) in [6, 6.07) is 7.41. The fourth-order valence-corrected chi connectivity index (χ4v) is 4.96. The van der Waals surface area contributed by atoms with Gasteiger partial charge in [0.1, 0.15) is 4.90 Å². The largest absolute Gasteiger partial charge is 0.465 e. The van der Waals surface area contributed by atoms with E-state index in [-0.39, 0.29) is 6.54 Å². The van der Waals surface area contributed by atoms with Crippen LogP contribution in [0.5, 0.6) is 0 Å². The lowest BCUT2D eigenvalue weighted by Crippen LogP contribution is -2.54. The number of hydrogen-bond acceptors (Lipinski definition) is 5. The smallest absolute Gasteiger partial charge is 0.337 e. The van der Waals surface area contributed by atoms with Crippen LogP contribution >= 0.6 is 0 Å². The number of halogens is 3. The first-order valence-electron chi connectivity index (χ1n) is 8.75. The van der Waals surface area contributed by atoms with Gasteiger partial charge in [0.15, 0.2) is 17.5 Å². The molecule has 3 rings (SSSR count). The van der Waals surface area contributed by atoms with Crippen LogP contribution in [0.1, 0.15) is 17.3 Å². The second kappa shape index (κ2) is 8.03. The van der Waals surface area contributed by atoms with E-state index in [2.05, 4.69) is 4.74 Å². The van der Waals surface area contributed by atoms with Gasteiger partial charge < -0.3 is 9.64 Å². The molecule has 1 atom stereocenters. The zero-order valence-electron chi connectivity index (χ0n) is 15.7. The lowest BCUT2D eigenvalue weighted by atomic mass is 10.1. The number of piperazine rings is 1. The molecule has 0 aliphatic carbocycles. The summed E-state index contributed by atoms with van der Waals surface area (Å²) in [4.78, 5) is 12.5. The number of anilines is 1. The summed E-state index contributed by atoms with van der Waals surface area (Å²) >= 11 is 0. The van der Waals surface area contributed by atoms with Crippen molar-refractivity contribution >= 4 is 21.7 Å². The molecule has 0 bridgehead atoms. The van der Waals surface area contributed by atoms with Gasteiger partial charge in [-0.15, -0.1) is 0 Å². The Labute approximate surface area is 166 Å². The molecule has 10 heteroatoms. The molecule has 6 nitrogen and oxygen atoms in total. The van der Waals surface area contributed by atoms with Crippen molar-refractivity contribution in [3.8, 4) is 0 Å². The van der Waals surface area contributed by atoms with Crippen molar-refractivity contribution in [3.05, 3.63) is 59.4 Å². The van der Waals surface area contributed by atoms with Crippen LogP contribution in [0.15, 0.2) is 41.3 Å². The number of rotatable bonds is 4. The van der Waals surface area contributed by atoms with E-state index in [1.807, 2.05) is 4.90 Å². The SMILES string of the molecule is COC(=O)c1ccc(N2CCN(S(=O)(=O)c3ccc(F)c(F)c3F)C(C)C2)cc1. The van der Waals surface area contributed by atoms with Gasteiger partial charge in [-0.2, -0.15) is 4.31 Å². The quantitative estimate of drug-likeness (QED) is 0.554. The van der Waals surface area contributed by atoms with E-state index in [4.69, 9.17) is 0 Å². The van der Waals surface area contributed by atoms with E-state index in [0.29, 0.717) is 24.7 Å². The molecule has 0 saturated carbocycles. The van der Waals surface area contributed by atoms with Crippen LogP contribution in [-0.2, 0) is 14.8 Å². The summed E-state index contributed by atoms with van der Waals surface area (Å²) in [5.74, 6) is -5.45. The molecule has 1 heterocycles. The first-order chi connectivity index (χ1) is 13.7. The van der Waals surface area contributed by atoms with Gasteiger partial charge in [-0.05, 0) is 43.3 Å². The van der Waals surface area contributed by atoms with Crippen LogP contribution in [0, 0.1) is 17.5 Å². The molecule has 1 aliphatic rings. The monoisotopic (exact) mass is 428 g/mol. The number of carbonyl (C=O) groups excluding carboxylic acids is 1. The highest BCUT2D eigenvalue weighted by atomic mass is 32.2. The van der Waals surface area contributed by atoms with Gasteiger partial charge in [0.25, 0.3) is 0 Å². The standard InChI is InChI=1S/C19H19F3N2O4S/c1-12-11-23(14-5-3-13(4-6-14)19(25)28-2)9-10-24(12)29(26,27)16-8-7-15(20)17(21)18(16)22/h3-8,12H,9-11H2,1-2H3. The first-order valence-corrected chi connectivity index (χ1v) is 10.2. The van der Waals surface area contributed by atoms with Crippen LogP contribution in [0.25, 0.3) is 0 Å². The summed E-state index contributed by atoms with van der Waals surface area (Å²) in [5.41, 5.74) is 1.17. The fraction of sp³-hybridized carbons (Fsp3) is 0.316. The number of benzene rings is 2. The molecule has 2 aromatic rings. The van der Waals surface area contributed by atoms with Crippen molar-refractivity contribution < 1.29 is 31.1 Å². The van der Waals surface area contributed by atoms with Crippen LogP contribution in [0.2, 0.25) is 0 Å². The number of carbonyl (C=O) groups is 1. The molecule has 0 spiro atoms. The molecule has 1 fully saturated rings. The number of methoxy groups -OCH3 is 1. The van der Waals surface area contributed by atoms with Crippen LogP contribution < -0.4 is 4.90 Å². The Bertz CT molecular complexity index is 1030. The summed E-state index contributed by atoms with van der Waals surface area (Å²) in [7, 11) is -3.06. The van der Waals surface area contributed by atoms with E-state index in [1.54, 1.807) is 31.2 Å². The summed E-state index contributed by atoms with van der Waals surface area (Å²) in [5, 5.41) is 0. The molecule has 0 aromatic heterocycles. The third kappa shape index (κ3) is 3.95. The Morgan fingerprint density at radius 2 is 1.69 bits per heavy atom. The van der Waals surface area contributed by atoms with Gasteiger partial charge in [0.05, 0.1) is 12.7 Å². The molecule has 0 amide bonds. The topological polar surface area (TPSA) is 66.9 Å². The van der Waals surface area contributed by atoms with E-state index in [1.165, 1.54) is 7.11 Å². The highest BCUT2D eigenvalue weighted by Crippen LogP contribution is 2.27. The van der Waals surface area contributed by atoms with Gasteiger partial charge in [0.2, 0.25) is 10.0 Å². The van der Waals surface area contributed by atoms with Gasteiger partial charge >= 0.3 is 5.97 Å². The molecule has 2 aromatic carbocycles. The number of hydrogen-bond donors (Lipinski definition) is 0. The maximum atomic E-state index is 14.0. The maximum Gasteiger partial charge on any atom is 0.337 e. The molecule has 1 aliphatic heterocycles. The van der Waals surface area contributed by atoms with Crippen molar-refractivity contribution in [3.63, 3.8) is 0 Å². The molecular formula is C19H19F3N2O4S. The van der Waals surface area contributed by atoms with Crippen molar-refractivity contribution in [1.82, 2.24) is 4.31 Å². The molecule has 29 heavy (non-hydrogen) atoms.